The van der Waals surface area contributed by atoms with E-state index in [4.69, 9.17) is 0 Å². The summed E-state index contributed by atoms with van der Waals surface area (Å²) < 4.78 is 4.48. The van der Waals surface area contributed by atoms with Crippen molar-refractivity contribution in [3.05, 3.63) is 22.8 Å². The van der Waals surface area contributed by atoms with Crippen molar-refractivity contribution in [1.29, 1.82) is 0 Å². The van der Waals surface area contributed by atoms with Crippen molar-refractivity contribution in [1.82, 2.24) is 0 Å². The van der Waals surface area contributed by atoms with Crippen LogP contribution in [0.3, 0.4) is 0 Å². The summed E-state index contributed by atoms with van der Waals surface area (Å²) in [5.74, 6) is -0.930. The molecule has 0 aromatic heterocycles. The maximum Gasteiger partial charge on any atom is 0.351 e. The summed E-state index contributed by atoms with van der Waals surface area (Å²) >= 11 is 1.45. The van der Waals surface area contributed by atoms with E-state index in [0.717, 1.165) is 6.07 Å². The van der Waals surface area contributed by atoms with Crippen molar-refractivity contribution in [3.63, 3.8) is 0 Å². The monoisotopic (exact) mass is 308 g/mol. The minimum atomic E-state index is -0.622. The molecule has 1 aromatic carbocycles. The van der Waals surface area contributed by atoms with Gasteiger partial charge in [-0.25, -0.2) is 4.79 Å². The Morgan fingerprint density at radius 1 is 1.29 bits per heavy atom. The molecule has 0 heterocycles. The molecule has 0 radical (unpaired) electrons. The summed E-state index contributed by atoms with van der Waals surface area (Å²) in [5, 5.41) is 18.8. The summed E-state index contributed by atoms with van der Waals surface area (Å²) in [6.07, 6.45) is 0. The molecule has 0 aliphatic heterocycles. The van der Waals surface area contributed by atoms with E-state index in [2.05, 4.69) is 3.07 Å². The second-order valence-electron chi connectivity index (χ2n) is 2.90. The number of phenolic OH excluding ortho intramolecular Hbond substituents is 2. The highest BCUT2D eigenvalue weighted by molar-refractivity contribution is 14.1. The number of phenols is 2. The highest BCUT2D eigenvalue weighted by Gasteiger charge is 2.19. The molecule has 1 rings (SSSR count). The van der Waals surface area contributed by atoms with E-state index in [9.17, 15) is 15.0 Å². The molecular formula is C9H9IO4. The minimum absolute atomic E-state index is 0.0370. The molecule has 4 nitrogen and oxygen atoms in total. The quantitative estimate of drug-likeness (QED) is 0.781. The van der Waals surface area contributed by atoms with Crippen molar-refractivity contribution in [2.45, 2.75) is 13.8 Å². The Hall–Kier alpha value is -0.980. The highest BCUT2D eigenvalue weighted by atomic mass is 127. The maximum absolute atomic E-state index is 11.2. The van der Waals surface area contributed by atoms with E-state index >= 15 is 0 Å². The van der Waals surface area contributed by atoms with Crippen molar-refractivity contribution >= 4 is 29.0 Å². The van der Waals surface area contributed by atoms with Gasteiger partial charge in [-0.15, -0.1) is 0 Å². The van der Waals surface area contributed by atoms with Crippen LogP contribution in [-0.4, -0.2) is 16.2 Å². The Morgan fingerprint density at radius 3 is 2.36 bits per heavy atom. The molecule has 0 spiro atoms. The van der Waals surface area contributed by atoms with Gasteiger partial charge in [-0.05, 0) is 25.0 Å². The third-order valence-corrected chi connectivity index (χ3v) is 2.53. The Morgan fingerprint density at radius 2 is 1.86 bits per heavy atom. The maximum atomic E-state index is 11.2. The molecule has 0 atom stereocenters. The average Bonchev–Trinajstić information content (AvgIpc) is 2.14. The van der Waals surface area contributed by atoms with Crippen LogP contribution in [0, 0.1) is 13.8 Å². The zero-order chi connectivity index (χ0) is 10.9. The first-order valence-corrected chi connectivity index (χ1v) is 4.72. The topological polar surface area (TPSA) is 66.8 Å². The zero-order valence-electron chi connectivity index (χ0n) is 7.67. The van der Waals surface area contributed by atoms with Gasteiger partial charge in [0.25, 0.3) is 0 Å². The summed E-state index contributed by atoms with van der Waals surface area (Å²) in [7, 11) is 0. The SMILES string of the molecule is Cc1c(O)cc(O)c(C(=O)OI)c1C. The van der Waals surface area contributed by atoms with Gasteiger partial charge in [0.1, 0.15) is 17.1 Å². The van der Waals surface area contributed by atoms with Crippen molar-refractivity contribution in [2.75, 3.05) is 0 Å². The predicted molar refractivity (Wildman–Crippen MR) is 58.7 cm³/mol. The van der Waals surface area contributed by atoms with Gasteiger partial charge in [0.15, 0.2) is 23.0 Å². The zero-order valence-corrected chi connectivity index (χ0v) is 9.82. The van der Waals surface area contributed by atoms with Crippen molar-refractivity contribution in [2.24, 2.45) is 0 Å². The van der Waals surface area contributed by atoms with Crippen LogP contribution in [0.1, 0.15) is 21.5 Å². The van der Waals surface area contributed by atoms with E-state index in [1.807, 2.05) is 0 Å². The molecule has 5 heteroatoms. The molecule has 0 amide bonds. The third-order valence-electron chi connectivity index (χ3n) is 2.13. The number of halogens is 1. The lowest BCUT2D eigenvalue weighted by molar-refractivity contribution is 0.0796. The summed E-state index contributed by atoms with van der Waals surface area (Å²) in [6.45, 7) is 3.30. The first kappa shape index (κ1) is 11.1. The van der Waals surface area contributed by atoms with Gasteiger partial charge < -0.3 is 13.3 Å². The molecular weight excluding hydrogens is 299 g/mol. The Balaban J connectivity index is 3.44. The van der Waals surface area contributed by atoms with Crippen LogP contribution < -0.4 is 0 Å². The fraction of sp³-hybridized carbons (Fsp3) is 0.222. The number of carbonyl (C=O) groups is 1. The van der Waals surface area contributed by atoms with Crippen LogP contribution >= 0.6 is 23.0 Å². The van der Waals surface area contributed by atoms with Gasteiger partial charge in [-0.2, -0.15) is 0 Å². The number of aromatic hydroxyl groups is 2. The lowest BCUT2D eigenvalue weighted by atomic mass is 10.0. The lowest BCUT2D eigenvalue weighted by Gasteiger charge is -2.09. The van der Waals surface area contributed by atoms with Crippen LogP contribution in [0.5, 0.6) is 11.5 Å². The number of benzene rings is 1. The normalized spacial score (nSPS) is 9.93. The van der Waals surface area contributed by atoms with Gasteiger partial charge in [-0.3, -0.25) is 0 Å². The fourth-order valence-electron chi connectivity index (χ4n) is 1.18. The van der Waals surface area contributed by atoms with E-state index in [1.54, 1.807) is 13.8 Å². The number of rotatable bonds is 1. The highest BCUT2D eigenvalue weighted by Crippen LogP contribution is 2.31. The second kappa shape index (κ2) is 4.04. The largest absolute Gasteiger partial charge is 0.508 e. The van der Waals surface area contributed by atoms with Gasteiger partial charge in [0.2, 0.25) is 0 Å². The Bertz CT molecular complexity index is 387. The summed E-state index contributed by atoms with van der Waals surface area (Å²) in [6, 6.07) is 1.13. The fourth-order valence-corrected chi connectivity index (χ4v) is 1.40. The molecule has 0 saturated carbocycles. The van der Waals surface area contributed by atoms with Crippen LogP contribution in [-0.2, 0) is 3.07 Å². The first-order chi connectivity index (χ1) is 6.49. The molecule has 0 fully saturated rings. The number of carbonyl (C=O) groups excluding carboxylic acids is 1. The molecule has 0 bridgehead atoms. The van der Waals surface area contributed by atoms with Gasteiger partial charge in [-0.1, -0.05) is 0 Å². The van der Waals surface area contributed by atoms with Crippen LogP contribution in [0.15, 0.2) is 6.07 Å². The van der Waals surface area contributed by atoms with Crippen LogP contribution in [0.25, 0.3) is 0 Å². The predicted octanol–water partition coefficient (Wildman–Crippen LogP) is 2.22. The molecule has 14 heavy (non-hydrogen) atoms. The summed E-state index contributed by atoms with van der Waals surface area (Å²) in [4.78, 5) is 11.2. The van der Waals surface area contributed by atoms with E-state index < -0.39 is 5.97 Å². The van der Waals surface area contributed by atoms with Crippen molar-refractivity contribution < 1.29 is 18.1 Å². The third kappa shape index (κ3) is 1.77. The van der Waals surface area contributed by atoms with Crippen molar-refractivity contribution in [3.8, 4) is 11.5 Å². The first-order valence-electron chi connectivity index (χ1n) is 3.84. The second-order valence-corrected chi connectivity index (χ2v) is 3.34. The van der Waals surface area contributed by atoms with Gasteiger partial charge >= 0.3 is 5.97 Å². The smallest absolute Gasteiger partial charge is 0.351 e. The van der Waals surface area contributed by atoms with E-state index in [0.29, 0.717) is 11.1 Å². The van der Waals surface area contributed by atoms with Gasteiger partial charge in [0, 0.05) is 6.07 Å². The summed E-state index contributed by atoms with van der Waals surface area (Å²) in [5.41, 5.74) is 1.17. The molecule has 2 N–H and O–H groups in total. The van der Waals surface area contributed by atoms with E-state index in [1.165, 1.54) is 23.0 Å². The van der Waals surface area contributed by atoms with Crippen LogP contribution in [0.4, 0.5) is 0 Å². The standard InChI is InChI=1S/C9H9IO4/c1-4-5(2)8(9(13)14-10)7(12)3-6(4)11/h3,11-12H,1-2H3. The molecule has 0 aliphatic rings. The molecule has 0 saturated heterocycles. The molecule has 0 unspecified atom stereocenters. The van der Waals surface area contributed by atoms with Crippen LogP contribution in [0.2, 0.25) is 0 Å². The lowest BCUT2D eigenvalue weighted by Crippen LogP contribution is -2.03. The minimum Gasteiger partial charge on any atom is -0.508 e. The average molecular weight is 308 g/mol. The molecule has 76 valence electrons. The molecule has 0 aliphatic carbocycles. The Kier molecular flexibility index (Phi) is 3.20. The van der Waals surface area contributed by atoms with E-state index in [-0.39, 0.29) is 17.1 Å². The number of hydrogen-bond acceptors (Lipinski definition) is 4. The van der Waals surface area contributed by atoms with Gasteiger partial charge in [0.05, 0.1) is 0 Å². The number of hydrogen-bond donors (Lipinski definition) is 2. The Labute approximate surface area is 95.2 Å². The molecule has 1 aromatic rings.